The van der Waals surface area contributed by atoms with Crippen molar-refractivity contribution in [3.05, 3.63) is 87.8 Å². The Bertz CT molecular complexity index is 964. The number of ether oxygens (including phenoxy) is 1. The lowest BCUT2D eigenvalue weighted by atomic mass is 10.2. The smallest absolute Gasteiger partial charge is 0.275 e. The van der Waals surface area contributed by atoms with Crippen molar-refractivity contribution < 1.29 is 9.53 Å². The molecule has 1 aromatic heterocycles. The van der Waals surface area contributed by atoms with E-state index in [1.807, 2.05) is 49.4 Å². The number of aryl methyl sites for hydroxylation is 1. The zero-order valence-corrected chi connectivity index (χ0v) is 14.6. The van der Waals surface area contributed by atoms with Crippen LogP contribution in [0.4, 0.5) is 0 Å². The highest BCUT2D eigenvalue weighted by Crippen LogP contribution is 2.15. The van der Waals surface area contributed by atoms with E-state index in [1.165, 1.54) is 17.9 Å². The molecule has 0 aliphatic carbocycles. The molecule has 1 amide bonds. The maximum atomic E-state index is 12.6. The van der Waals surface area contributed by atoms with Crippen molar-refractivity contribution >= 4 is 5.91 Å². The van der Waals surface area contributed by atoms with Crippen molar-refractivity contribution in [3.8, 4) is 11.4 Å². The number of amides is 1. The molecule has 0 aliphatic rings. The van der Waals surface area contributed by atoms with E-state index in [0.29, 0.717) is 12.2 Å². The van der Waals surface area contributed by atoms with E-state index in [-0.39, 0.29) is 17.0 Å². The second kappa shape index (κ2) is 7.65. The molecule has 132 valence electrons. The predicted molar refractivity (Wildman–Crippen MR) is 98.7 cm³/mol. The van der Waals surface area contributed by atoms with Gasteiger partial charge in [-0.15, -0.1) is 0 Å². The average Bonchev–Trinajstić information content (AvgIpc) is 2.67. The van der Waals surface area contributed by atoms with Crippen molar-refractivity contribution in [1.29, 1.82) is 0 Å². The van der Waals surface area contributed by atoms with Crippen LogP contribution in [0.1, 0.15) is 21.6 Å². The molecule has 1 heterocycles. The minimum absolute atomic E-state index is 0.0589. The van der Waals surface area contributed by atoms with Crippen LogP contribution in [-0.2, 0) is 6.54 Å². The Labute approximate surface area is 151 Å². The Kier molecular flexibility index (Phi) is 5.12. The summed E-state index contributed by atoms with van der Waals surface area (Å²) in [4.78, 5) is 24.9. The van der Waals surface area contributed by atoms with Crippen molar-refractivity contribution in [2.24, 2.45) is 0 Å². The Morgan fingerprint density at radius 2 is 1.81 bits per heavy atom. The third-order valence-corrected chi connectivity index (χ3v) is 3.91. The van der Waals surface area contributed by atoms with Gasteiger partial charge >= 0.3 is 0 Å². The van der Waals surface area contributed by atoms with Crippen LogP contribution < -0.4 is 15.6 Å². The number of hydrogen-bond donors (Lipinski definition) is 1. The zero-order valence-electron chi connectivity index (χ0n) is 14.6. The van der Waals surface area contributed by atoms with Gasteiger partial charge in [0.2, 0.25) is 0 Å². The summed E-state index contributed by atoms with van der Waals surface area (Å²) in [6.07, 6.45) is 0. The number of hydrogen-bond acceptors (Lipinski definition) is 4. The quantitative estimate of drug-likeness (QED) is 0.768. The highest BCUT2D eigenvalue weighted by molar-refractivity contribution is 5.94. The van der Waals surface area contributed by atoms with Crippen molar-refractivity contribution in [2.75, 3.05) is 7.11 Å². The fraction of sp³-hybridized carbons (Fsp3) is 0.150. The van der Waals surface area contributed by atoms with Crippen LogP contribution in [0.5, 0.6) is 5.75 Å². The number of nitrogens with one attached hydrogen (secondary N) is 1. The lowest BCUT2D eigenvalue weighted by Crippen LogP contribution is -2.29. The van der Waals surface area contributed by atoms with E-state index in [9.17, 15) is 9.59 Å². The van der Waals surface area contributed by atoms with Crippen molar-refractivity contribution in [1.82, 2.24) is 15.1 Å². The fourth-order valence-corrected chi connectivity index (χ4v) is 2.49. The molecular weight excluding hydrogens is 330 g/mol. The number of nitrogens with zero attached hydrogens (tertiary/aromatic N) is 2. The Morgan fingerprint density at radius 1 is 1.12 bits per heavy atom. The maximum Gasteiger partial charge on any atom is 0.275 e. The average molecular weight is 349 g/mol. The summed E-state index contributed by atoms with van der Waals surface area (Å²) in [6, 6.07) is 18.1. The van der Waals surface area contributed by atoms with Crippen LogP contribution in [0.25, 0.3) is 5.69 Å². The first-order valence-corrected chi connectivity index (χ1v) is 8.16. The summed E-state index contributed by atoms with van der Waals surface area (Å²) >= 11 is 0. The van der Waals surface area contributed by atoms with Crippen LogP contribution in [0.2, 0.25) is 0 Å². The highest BCUT2D eigenvalue weighted by atomic mass is 16.5. The normalized spacial score (nSPS) is 10.4. The first-order valence-electron chi connectivity index (χ1n) is 8.16. The SMILES string of the molecule is COc1cc(=O)n(-c2ccc(C)cc2)nc1C(=O)NCc1ccccc1. The Balaban J connectivity index is 1.92. The molecule has 0 spiro atoms. The molecule has 1 N–H and O–H groups in total. The minimum atomic E-state index is -0.411. The van der Waals surface area contributed by atoms with Gasteiger partial charge in [-0.3, -0.25) is 9.59 Å². The number of benzene rings is 2. The molecule has 26 heavy (non-hydrogen) atoms. The first kappa shape index (κ1) is 17.4. The highest BCUT2D eigenvalue weighted by Gasteiger charge is 2.17. The summed E-state index contributed by atoms with van der Waals surface area (Å²) in [7, 11) is 1.40. The Morgan fingerprint density at radius 3 is 2.46 bits per heavy atom. The van der Waals surface area contributed by atoms with Crippen molar-refractivity contribution in [3.63, 3.8) is 0 Å². The largest absolute Gasteiger partial charge is 0.494 e. The third-order valence-electron chi connectivity index (χ3n) is 3.91. The molecule has 0 bridgehead atoms. The summed E-state index contributed by atoms with van der Waals surface area (Å²) in [6.45, 7) is 2.31. The van der Waals surface area contributed by atoms with E-state index in [0.717, 1.165) is 11.1 Å². The number of carbonyl (C=O) groups excluding carboxylic acids is 1. The van der Waals surface area contributed by atoms with Gasteiger partial charge in [-0.25, -0.2) is 0 Å². The van der Waals surface area contributed by atoms with Gasteiger partial charge in [0.1, 0.15) is 0 Å². The molecule has 6 nitrogen and oxygen atoms in total. The molecule has 0 saturated carbocycles. The third kappa shape index (κ3) is 3.80. The van der Waals surface area contributed by atoms with Gasteiger partial charge in [0.15, 0.2) is 11.4 Å². The lowest BCUT2D eigenvalue weighted by molar-refractivity contribution is 0.0940. The fourth-order valence-electron chi connectivity index (χ4n) is 2.49. The molecule has 6 heteroatoms. The van der Waals surface area contributed by atoms with Gasteiger partial charge in [0, 0.05) is 6.54 Å². The summed E-state index contributed by atoms with van der Waals surface area (Å²) in [5.41, 5.74) is 2.30. The van der Waals surface area contributed by atoms with Crippen LogP contribution in [0.3, 0.4) is 0 Å². The van der Waals surface area contributed by atoms with Crippen molar-refractivity contribution in [2.45, 2.75) is 13.5 Å². The van der Waals surface area contributed by atoms with Crippen LogP contribution in [0.15, 0.2) is 65.5 Å². The molecule has 2 aromatic carbocycles. The van der Waals surface area contributed by atoms with Gasteiger partial charge in [0.05, 0.1) is 18.9 Å². The second-order valence-corrected chi connectivity index (χ2v) is 5.82. The van der Waals surface area contributed by atoms with Gasteiger partial charge in [-0.2, -0.15) is 9.78 Å². The molecule has 0 unspecified atom stereocenters. The van der Waals surface area contributed by atoms with E-state index in [1.54, 1.807) is 12.1 Å². The van der Waals surface area contributed by atoms with Crippen LogP contribution in [-0.4, -0.2) is 22.8 Å². The number of aromatic nitrogens is 2. The first-order chi connectivity index (χ1) is 12.6. The predicted octanol–water partition coefficient (Wildman–Crippen LogP) is 2.48. The van der Waals surface area contributed by atoms with Crippen LogP contribution >= 0.6 is 0 Å². The molecule has 0 saturated heterocycles. The maximum absolute atomic E-state index is 12.6. The van der Waals surface area contributed by atoms with Gasteiger partial charge in [-0.05, 0) is 24.6 Å². The van der Waals surface area contributed by atoms with Gasteiger partial charge in [0.25, 0.3) is 11.5 Å². The second-order valence-electron chi connectivity index (χ2n) is 5.82. The number of rotatable bonds is 5. The zero-order chi connectivity index (χ0) is 18.5. The lowest BCUT2D eigenvalue weighted by Gasteiger charge is -2.11. The molecule has 0 atom stereocenters. The van der Waals surface area contributed by atoms with E-state index >= 15 is 0 Å². The topological polar surface area (TPSA) is 73.2 Å². The summed E-state index contributed by atoms with van der Waals surface area (Å²) < 4.78 is 6.37. The monoisotopic (exact) mass is 349 g/mol. The van der Waals surface area contributed by atoms with E-state index in [2.05, 4.69) is 10.4 Å². The molecule has 0 fully saturated rings. The van der Waals surface area contributed by atoms with E-state index in [4.69, 9.17) is 4.74 Å². The number of methoxy groups -OCH3 is 1. The standard InChI is InChI=1S/C20H19N3O3/c1-14-8-10-16(11-9-14)23-18(24)12-17(26-2)19(22-23)20(25)21-13-15-6-4-3-5-7-15/h3-12H,13H2,1-2H3,(H,21,25). The molecule has 0 radical (unpaired) electrons. The Hall–Kier alpha value is -3.41. The van der Waals surface area contributed by atoms with E-state index < -0.39 is 5.91 Å². The molecule has 3 rings (SSSR count). The van der Waals surface area contributed by atoms with Gasteiger partial charge < -0.3 is 10.1 Å². The number of carbonyl (C=O) groups is 1. The minimum Gasteiger partial charge on any atom is -0.494 e. The molecular formula is C20H19N3O3. The van der Waals surface area contributed by atoms with Crippen LogP contribution in [0, 0.1) is 6.92 Å². The molecule has 0 aliphatic heterocycles. The van der Waals surface area contributed by atoms with Gasteiger partial charge in [-0.1, -0.05) is 48.0 Å². The summed E-state index contributed by atoms with van der Waals surface area (Å²) in [5.74, 6) is -0.268. The molecule has 3 aromatic rings. The summed E-state index contributed by atoms with van der Waals surface area (Å²) in [5, 5.41) is 7.02.